The number of alkyl halides is 3. The lowest BCUT2D eigenvalue weighted by atomic mass is 10.2. The van der Waals surface area contributed by atoms with Crippen LogP contribution in [-0.2, 0) is 6.18 Å². The zero-order valence-electron chi connectivity index (χ0n) is 8.66. The van der Waals surface area contributed by atoms with Crippen molar-refractivity contribution < 1.29 is 13.2 Å². The van der Waals surface area contributed by atoms with E-state index in [0.717, 1.165) is 27.6 Å². The van der Waals surface area contributed by atoms with Gasteiger partial charge in [-0.3, -0.25) is 0 Å². The van der Waals surface area contributed by atoms with E-state index in [9.17, 15) is 13.2 Å². The Bertz CT molecular complexity index is 548. The number of rotatable bonds is 1. The molecular weight excluding hydrogens is 346 g/mol. The number of halogens is 4. The topological polar surface area (TPSA) is 30.7 Å². The Hall–Kier alpha value is -1.12. The van der Waals surface area contributed by atoms with E-state index in [4.69, 9.17) is 0 Å². The summed E-state index contributed by atoms with van der Waals surface area (Å²) in [5.41, 5.74) is 0.0323. The summed E-state index contributed by atoms with van der Waals surface area (Å²) in [6.45, 7) is 1.77. The first-order valence-electron chi connectivity index (χ1n) is 4.63. The second-order valence-corrected chi connectivity index (χ2v) is 4.55. The SMILES string of the molecule is Cc1c(I)cnn1-c1cc(C(F)(F)F)ccn1. The first-order chi connectivity index (χ1) is 7.89. The summed E-state index contributed by atoms with van der Waals surface area (Å²) >= 11 is 2.06. The summed E-state index contributed by atoms with van der Waals surface area (Å²) in [5.74, 6) is 0.167. The van der Waals surface area contributed by atoms with Gasteiger partial charge in [-0.2, -0.15) is 18.3 Å². The van der Waals surface area contributed by atoms with Crippen LogP contribution >= 0.6 is 22.6 Å². The van der Waals surface area contributed by atoms with Gasteiger partial charge >= 0.3 is 6.18 Å². The van der Waals surface area contributed by atoms with E-state index in [1.807, 2.05) is 0 Å². The Balaban J connectivity index is 2.51. The molecule has 2 rings (SSSR count). The van der Waals surface area contributed by atoms with Gasteiger partial charge in [-0.15, -0.1) is 0 Å². The molecule has 0 atom stereocenters. The molecule has 0 N–H and O–H groups in total. The van der Waals surface area contributed by atoms with Crippen LogP contribution in [0.3, 0.4) is 0 Å². The first kappa shape index (κ1) is 12.3. The molecule has 0 saturated carbocycles. The predicted molar refractivity (Wildman–Crippen MR) is 63.8 cm³/mol. The van der Waals surface area contributed by atoms with E-state index in [1.165, 1.54) is 4.68 Å². The fourth-order valence-electron chi connectivity index (χ4n) is 1.33. The van der Waals surface area contributed by atoms with Crippen molar-refractivity contribution >= 4 is 22.6 Å². The lowest BCUT2D eigenvalue weighted by Gasteiger charge is -2.08. The Morgan fingerprint density at radius 2 is 2.06 bits per heavy atom. The maximum atomic E-state index is 12.5. The Labute approximate surface area is 109 Å². The highest BCUT2D eigenvalue weighted by molar-refractivity contribution is 14.1. The van der Waals surface area contributed by atoms with Gasteiger partial charge in [0.05, 0.1) is 21.0 Å². The van der Waals surface area contributed by atoms with Gasteiger partial charge in [-0.25, -0.2) is 9.67 Å². The van der Waals surface area contributed by atoms with Crippen molar-refractivity contribution in [3.05, 3.63) is 39.4 Å². The third-order valence-corrected chi connectivity index (χ3v) is 3.30. The van der Waals surface area contributed by atoms with Crippen molar-refractivity contribution in [3.8, 4) is 5.82 Å². The molecule has 0 saturated heterocycles. The lowest BCUT2D eigenvalue weighted by molar-refractivity contribution is -0.137. The molecule has 0 aromatic carbocycles. The number of pyridine rings is 1. The van der Waals surface area contributed by atoms with Crippen LogP contribution in [0.5, 0.6) is 0 Å². The van der Waals surface area contributed by atoms with Gasteiger partial charge in [0.2, 0.25) is 0 Å². The molecule has 2 heterocycles. The molecule has 0 radical (unpaired) electrons. The molecule has 2 aromatic rings. The van der Waals surface area contributed by atoms with Crippen molar-refractivity contribution in [2.75, 3.05) is 0 Å². The normalized spacial score (nSPS) is 11.8. The summed E-state index contributed by atoms with van der Waals surface area (Å²) in [5, 5.41) is 3.99. The average molecular weight is 353 g/mol. The molecule has 3 nitrogen and oxygen atoms in total. The average Bonchev–Trinajstić information content (AvgIpc) is 2.59. The van der Waals surface area contributed by atoms with E-state index in [1.54, 1.807) is 13.1 Å². The van der Waals surface area contributed by atoms with Crippen LogP contribution in [-0.4, -0.2) is 14.8 Å². The highest BCUT2D eigenvalue weighted by Gasteiger charge is 2.31. The van der Waals surface area contributed by atoms with E-state index in [0.29, 0.717) is 0 Å². The smallest absolute Gasteiger partial charge is 0.237 e. The first-order valence-corrected chi connectivity index (χ1v) is 5.71. The van der Waals surface area contributed by atoms with Crippen LogP contribution in [0.4, 0.5) is 13.2 Å². The zero-order valence-corrected chi connectivity index (χ0v) is 10.8. The molecule has 0 bridgehead atoms. The maximum absolute atomic E-state index is 12.5. The third-order valence-electron chi connectivity index (χ3n) is 2.24. The summed E-state index contributed by atoms with van der Waals surface area (Å²) in [6.07, 6.45) is -1.66. The molecule has 0 amide bonds. The van der Waals surface area contributed by atoms with Crippen molar-refractivity contribution in [3.63, 3.8) is 0 Å². The highest BCUT2D eigenvalue weighted by atomic mass is 127. The van der Waals surface area contributed by atoms with Crippen molar-refractivity contribution in [1.82, 2.24) is 14.8 Å². The zero-order chi connectivity index (χ0) is 12.6. The minimum Gasteiger partial charge on any atom is -0.237 e. The molecule has 2 aromatic heterocycles. The number of hydrogen-bond donors (Lipinski definition) is 0. The lowest BCUT2D eigenvalue weighted by Crippen LogP contribution is -2.08. The number of aromatic nitrogens is 3. The van der Waals surface area contributed by atoms with Crippen molar-refractivity contribution in [2.45, 2.75) is 13.1 Å². The fourth-order valence-corrected chi connectivity index (χ4v) is 1.68. The summed E-state index contributed by atoms with van der Waals surface area (Å²) < 4.78 is 39.9. The fraction of sp³-hybridized carbons (Fsp3) is 0.200. The number of hydrogen-bond acceptors (Lipinski definition) is 2. The molecule has 0 aliphatic rings. The Morgan fingerprint density at radius 1 is 1.35 bits per heavy atom. The number of nitrogens with zero attached hydrogens (tertiary/aromatic N) is 3. The van der Waals surface area contributed by atoms with Crippen LogP contribution < -0.4 is 0 Å². The predicted octanol–water partition coefficient (Wildman–Crippen LogP) is 3.20. The van der Waals surface area contributed by atoms with Crippen LogP contribution in [0.2, 0.25) is 0 Å². The summed E-state index contributed by atoms with van der Waals surface area (Å²) in [6, 6.07) is 1.92. The Morgan fingerprint density at radius 3 is 2.59 bits per heavy atom. The van der Waals surface area contributed by atoms with Gasteiger partial charge < -0.3 is 0 Å². The van der Waals surface area contributed by atoms with Crippen LogP contribution in [0, 0.1) is 10.5 Å². The molecule has 0 aliphatic heterocycles. The maximum Gasteiger partial charge on any atom is 0.416 e. The minimum atomic E-state index is -4.37. The quantitative estimate of drug-likeness (QED) is 0.738. The molecule has 7 heteroatoms. The minimum absolute atomic E-state index is 0.167. The van der Waals surface area contributed by atoms with Gasteiger partial charge in [0.25, 0.3) is 0 Å². The molecule has 0 fully saturated rings. The molecule has 0 unspecified atom stereocenters. The van der Waals surface area contributed by atoms with Gasteiger partial charge in [0.15, 0.2) is 5.82 Å². The Kier molecular flexibility index (Phi) is 3.11. The van der Waals surface area contributed by atoms with E-state index in [2.05, 4.69) is 32.7 Å². The van der Waals surface area contributed by atoms with Gasteiger partial charge in [-0.05, 0) is 41.6 Å². The van der Waals surface area contributed by atoms with E-state index < -0.39 is 11.7 Å². The monoisotopic (exact) mass is 353 g/mol. The molecule has 90 valence electrons. The largest absolute Gasteiger partial charge is 0.416 e. The van der Waals surface area contributed by atoms with Gasteiger partial charge in [0.1, 0.15) is 0 Å². The van der Waals surface area contributed by atoms with Gasteiger partial charge in [-0.1, -0.05) is 0 Å². The van der Waals surface area contributed by atoms with E-state index in [-0.39, 0.29) is 5.82 Å². The summed E-state index contributed by atoms with van der Waals surface area (Å²) in [7, 11) is 0. The van der Waals surface area contributed by atoms with E-state index >= 15 is 0 Å². The van der Waals surface area contributed by atoms with Gasteiger partial charge in [0, 0.05) is 6.20 Å². The van der Waals surface area contributed by atoms with Crippen LogP contribution in [0.1, 0.15) is 11.3 Å². The summed E-state index contributed by atoms with van der Waals surface area (Å²) in [4.78, 5) is 3.89. The second kappa shape index (κ2) is 4.28. The second-order valence-electron chi connectivity index (χ2n) is 3.39. The van der Waals surface area contributed by atoms with Crippen LogP contribution in [0.25, 0.3) is 5.82 Å². The molecule has 17 heavy (non-hydrogen) atoms. The molecule has 0 spiro atoms. The van der Waals surface area contributed by atoms with Crippen molar-refractivity contribution in [1.29, 1.82) is 0 Å². The molecule has 0 aliphatic carbocycles. The van der Waals surface area contributed by atoms with Crippen molar-refractivity contribution in [2.24, 2.45) is 0 Å². The highest BCUT2D eigenvalue weighted by Crippen LogP contribution is 2.29. The standard InChI is InChI=1S/C10H7F3IN3/c1-6-8(14)5-16-17(6)9-4-7(2-3-15-9)10(11,12)13/h2-5H,1H3. The van der Waals surface area contributed by atoms with Crippen LogP contribution in [0.15, 0.2) is 24.5 Å². The third kappa shape index (κ3) is 2.43. The molecular formula is C10H7F3IN3.